The van der Waals surface area contributed by atoms with Crippen molar-refractivity contribution in [2.45, 2.75) is 25.9 Å². The molecule has 1 aliphatic heterocycles. The molecule has 1 aromatic rings. The predicted molar refractivity (Wildman–Crippen MR) is 70.9 cm³/mol. The summed E-state index contributed by atoms with van der Waals surface area (Å²) in [5, 5.41) is 11.3. The van der Waals surface area contributed by atoms with Gasteiger partial charge in [-0.25, -0.2) is 4.79 Å². The van der Waals surface area contributed by atoms with Gasteiger partial charge in [0.05, 0.1) is 12.7 Å². The number of amides is 3. The first kappa shape index (κ1) is 13.9. The Bertz CT molecular complexity index is 617. The minimum absolute atomic E-state index is 0.253. The third kappa shape index (κ3) is 2.18. The largest absolute Gasteiger partial charge is 0.495 e. The highest BCUT2D eigenvalue weighted by Crippen LogP contribution is 2.25. The molecular weight excluding hydrogens is 258 g/mol. The molecule has 1 N–H and O–H groups in total. The van der Waals surface area contributed by atoms with E-state index in [4.69, 9.17) is 10.00 Å². The molecule has 0 aliphatic carbocycles. The van der Waals surface area contributed by atoms with Gasteiger partial charge in [-0.05, 0) is 31.5 Å². The molecule has 3 amide bonds. The summed E-state index contributed by atoms with van der Waals surface area (Å²) in [6, 6.07) is 6.72. The zero-order valence-electron chi connectivity index (χ0n) is 11.6. The predicted octanol–water partition coefficient (Wildman–Crippen LogP) is 1.40. The van der Waals surface area contributed by atoms with E-state index in [1.165, 1.54) is 12.0 Å². The number of hydrogen-bond donors (Lipinski definition) is 1. The van der Waals surface area contributed by atoms with Gasteiger partial charge in [-0.15, -0.1) is 0 Å². The van der Waals surface area contributed by atoms with Crippen LogP contribution < -0.4 is 10.1 Å². The number of urea groups is 1. The quantitative estimate of drug-likeness (QED) is 0.844. The molecule has 1 aliphatic rings. The number of nitrogens with zero attached hydrogens (tertiary/aromatic N) is 2. The fraction of sp³-hybridized carbons (Fsp3) is 0.357. The van der Waals surface area contributed by atoms with Crippen LogP contribution in [0.2, 0.25) is 0 Å². The smallest absolute Gasteiger partial charge is 0.325 e. The molecule has 1 heterocycles. The van der Waals surface area contributed by atoms with E-state index in [-0.39, 0.29) is 12.5 Å². The summed E-state index contributed by atoms with van der Waals surface area (Å²) in [6.07, 6.45) is 0. The third-order valence-corrected chi connectivity index (χ3v) is 3.42. The average Bonchev–Trinajstić information content (AvgIpc) is 2.61. The lowest BCUT2D eigenvalue weighted by Crippen LogP contribution is -2.43. The van der Waals surface area contributed by atoms with Crippen LogP contribution in [0.15, 0.2) is 18.2 Å². The van der Waals surface area contributed by atoms with Gasteiger partial charge in [-0.1, -0.05) is 6.07 Å². The van der Waals surface area contributed by atoms with E-state index in [1.807, 2.05) is 6.07 Å². The van der Waals surface area contributed by atoms with Crippen LogP contribution in [0.25, 0.3) is 0 Å². The molecule has 1 aromatic carbocycles. The summed E-state index contributed by atoms with van der Waals surface area (Å²) >= 11 is 0. The van der Waals surface area contributed by atoms with E-state index in [2.05, 4.69) is 5.32 Å². The molecule has 0 atom stereocenters. The van der Waals surface area contributed by atoms with Gasteiger partial charge in [0.15, 0.2) is 0 Å². The van der Waals surface area contributed by atoms with Crippen LogP contribution in [0, 0.1) is 11.3 Å². The summed E-state index contributed by atoms with van der Waals surface area (Å²) in [6.45, 7) is 3.62. The van der Waals surface area contributed by atoms with Crippen molar-refractivity contribution < 1.29 is 14.3 Å². The molecular formula is C14H15N3O3. The van der Waals surface area contributed by atoms with Crippen molar-refractivity contribution in [2.24, 2.45) is 0 Å². The zero-order valence-corrected chi connectivity index (χ0v) is 11.6. The minimum Gasteiger partial charge on any atom is -0.495 e. The molecule has 0 aromatic heterocycles. The number of imide groups is 1. The summed E-state index contributed by atoms with van der Waals surface area (Å²) in [5.74, 6) is 0.161. The minimum atomic E-state index is -0.899. The van der Waals surface area contributed by atoms with Crippen molar-refractivity contribution in [3.8, 4) is 11.8 Å². The fourth-order valence-corrected chi connectivity index (χ4v) is 2.09. The number of carbonyl (C=O) groups excluding carboxylic acids is 2. The standard InChI is InChI=1S/C14H15N3O3/c1-14(2)12(18)16-13(19)17(14)8-9-4-5-11(20-3)10(6-9)7-15/h4-6H,8H2,1-3H3,(H,16,18,19). The Morgan fingerprint density at radius 3 is 2.60 bits per heavy atom. The normalized spacial score (nSPS) is 16.8. The number of nitrogens with one attached hydrogen (secondary N) is 1. The van der Waals surface area contributed by atoms with E-state index < -0.39 is 11.6 Å². The molecule has 6 nitrogen and oxygen atoms in total. The van der Waals surface area contributed by atoms with Crippen molar-refractivity contribution in [1.82, 2.24) is 10.2 Å². The van der Waals surface area contributed by atoms with Crippen LogP contribution in [0.3, 0.4) is 0 Å². The van der Waals surface area contributed by atoms with Gasteiger partial charge in [-0.2, -0.15) is 5.26 Å². The molecule has 20 heavy (non-hydrogen) atoms. The van der Waals surface area contributed by atoms with Crippen molar-refractivity contribution in [3.63, 3.8) is 0 Å². The van der Waals surface area contributed by atoms with Crippen LogP contribution in [0.4, 0.5) is 4.79 Å². The van der Waals surface area contributed by atoms with Crippen LogP contribution in [-0.2, 0) is 11.3 Å². The number of carbonyl (C=O) groups is 2. The molecule has 1 saturated heterocycles. The molecule has 0 radical (unpaired) electrons. The Labute approximate surface area is 116 Å². The van der Waals surface area contributed by atoms with Crippen LogP contribution in [0.1, 0.15) is 25.0 Å². The van der Waals surface area contributed by atoms with Crippen molar-refractivity contribution >= 4 is 11.9 Å². The third-order valence-electron chi connectivity index (χ3n) is 3.42. The number of methoxy groups -OCH3 is 1. The summed E-state index contributed by atoms with van der Waals surface area (Å²) < 4.78 is 5.07. The maximum absolute atomic E-state index is 11.8. The molecule has 6 heteroatoms. The second-order valence-corrected chi connectivity index (χ2v) is 5.05. The highest BCUT2D eigenvalue weighted by Gasteiger charge is 2.45. The topological polar surface area (TPSA) is 82.4 Å². The zero-order chi connectivity index (χ0) is 14.9. The molecule has 0 unspecified atom stereocenters. The number of benzene rings is 1. The van der Waals surface area contributed by atoms with Crippen LogP contribution in [0.5, 0.6) is 5.75 Å². The molecule has 0 saturated carbocycles. The highest BCUT2D eigenvalue weighted by molar-refractivity contribution is 6.06. The van der Waals surface area contributed by atoms with Crippen molar-refractivity contribution in [3.05, 3.63) is 29.3 Å². The first-order valence-corrected chi connectivity index (χ1v) is 6.10. The van der Waals surface area contributed by atoms with E-state index in [0.717, 1.165) is 5.56 Å². The van der Waals surface area contributed by atoms with Gasteiger partial charge in [0, 0.05) is 6.54 Å². The Morgan fingerprint density at radius 2 is 2.10 bits per heavy atom. The Balaban J connectivity index is 2.29. The van der Waals surface area contributed by atoms with Crippen molar-refractivity contribution in [1.29, 1.82) is 5.26 Å². The second-order valence-electron chi connectivity index (χ2n) is 5.05. The lowest BCUT2D eigenvalue weighted by molar-refractivity contribution is -0.125. The SMILES string of the molecule is COc1ccc(CN2C(=O)NC(=O)C2(C)C)cc1C#N. The van der Waals surface area contributed by atoms with Gasteiger partial charge in [0.2, 0.25) is 0 Å². The average molecular weight is 273 g/mol. The van der Waals surface area contributed by atoms with Gasteiger partial charge in [0.25, 0.3) is 5.91 Å². The summed E-state index contributed by atoms with van der Waals surface area (Å²) in [4.78, 5) is 24.9. The lowest BCUT2D eigenvalue weighted by Gasteiger charge is -2.28. The van der Waals surface area contributed by atoms with E-state index in [1.54, 1.807) is 32.0 Å². The molecule has 0 bridgehead atoms. The Kier molecular flexibility index (Phi) is 3.36. The first-order valence-electron chi connectivity index (χ1n) is 6.10. The van der Waals surface area contributed by atoms with E-state index in [9.17, 15) is 9.59 Å². The number of rotatable bonds is 3. The van der Waals surface area contributed by atoms with Gasteiger partial charge in [0.1, 0.15) is 17.4 Å². The van der Waals surface area contributed by atoms with Gasteiger partial charge in [-0.3, -0.25) is 10.1 Å². The maximum Gasteiger partial charge on any atom is 0.325 e. The van der Waals surface area contributed by atoms with Crippen molar-refractivity contribution in [2.75, 3.05) is 7.11 Å². The van der Waals surface area contributed by atoms with E-state index in [0.29, 0.717) is 11.3 Å². The molecule has 1 fully saturated rings. The van der Waals surface area contributed by atoms with Gasteiger partial charge < -0.3 is 9.64 Å². The van der Waals surface area contributed by atoms with Gasteiger partial charge >= 0.3 is 6.03 Å². The fourth-order valence-electron chi connectivity index (χ4n) is 2.09. The Morgan fingerprint density at radius 1 is 1.40 bits per heavy atom. The summed E-state index contributed by atoms with van der Waals surface area (Å²) in [5.41, 5.74) is 0.262. The first-order chi connectivity index (χ1) is 9.40. The number of hydrogen-bond acceptors (Lipinski definition) is 4. The number of nitriles is 1. The molecule has 0 spiro atoms. The van der Waals surface area contributed by atoms with E-state index >= 15 is 0 Å². The maximum atomic E-state index is 11.8. The number of ether oxygens (including phenoxy) is 1. The van der Waals surface area contributed by atoms with Crippen LogP contribution in [-0.4, -0.2) is 29.5 Å². The Hall–Kier alpha value is -2.55. The molecule has 104 valence electrons. The summed E-state index contributed by atoms with van der Waals surface area (Å²) in [7, 11) is 1.49. The second kappa shape index (κ2) is 4.85. The van der Waals surface area contributed by atoms with Crippen LogP contribution >= 0.6 is 0 Å². The molecule has 2 rings (SSSR count). The highest BCUT2D eigenvalue weighted by atomic mass is 16.5. The monoisotopic (exact) mass is 273 g/mol. The lowest BCUT2D eigenvalue weighted by atomic mass is 10.0.